The first-order valence-electron chi connectivity index (χ1n) is 16.0. The van der Waals surface area contributed by atoms with Gasteiger partial charge in [0.2, 0.25) is 5.91 Å². The zero-order valence-electron chi connectivity index (χ0n) is 26.5. The van der Waals surface area contributed by atoms with Gasteiger partial charge in [-0.1, -0.05) is 77.0 Å². The summed E-state index contributed by atoms with van der Waals surface area (Å²) >= 11 is 0. The Bertz CT molecular complexity index is 832. The Balaban J connectivity index is 3.92. The second-order valence-electron chi connectivity index (χ2n) is 11.3. The van der Waals surface area contributed by atoms with E-state index < -0.39 is 29.4 Å². The molecule has 0 saturated heterocycles. The molecular weight excluding hydrogens is 556 g/mol. The maximum Gasteiger partial charge on any atom is 0.312 e. The number of nitrogens with one attached hydrogen (secondary N) is 1. The molecule has 0 bridgehead atoms. The molecule has 0 radical (unpaired) electrons. The van der Waals surface area contributed by atoms with Crippen LogP contribution in [-0.4, -0.2) is 90.3 Å². The summed E-state index contributed by atoms with van der Waals surface area (Å²) in [6.45, 7) is 2.60. The second-order valence-corrected chi connectivity index (χ2v) is 11.3. The maximum atomic E-state index is 12.5. The van der Waals surface area contributed by atoms with Crippen LogP contribution in [-0.2, 0) is 33.4 Å². The number of carbonyl (C=O) groups is 5. The molecule has 0 aromatic carbocycles. The highest BCUT2D eigenvalue weighted by atomic mass is 16.5. The third-order valence-electron chi connectivity index (χ3n) is 7.31. The van der Waals surface area contributed by atoms with Crippen LogP contribution >= 0.6 is 0 Å². The van der Waals surface area contributed by atoms with Crippen LogP contribution < -0.4 is 0 Å². The predicted molar refractivity (Wildman–Crippen MR) is 165 cm³/mol. The Morgan fingerprint density at radius 2 is 1.14 bits per heavy atom. The number of rotatable bonds is 31. The molecule has 3 N–H and O–H groups in total. The van der Waals surface area contributed by atoms with Crippen molar-refractivity contribution in [3.8, 4) is 0 Å². The molecule has 0 spiro atoms. The number of Topliss-reactive ketones (excluding diaryl/α,β-unsaturated/α-hetero) is 2. The number of aliphatic carboxylic acids is 2. The Hall–Kier alpha value is -2.66. The Labute approximate surface area is 257 Å². The summed E-state index contributed by atoms with van der Waals surface area (Å²) in [4.78, 5) is 59.3. The van der Waals surface area contributed by atoms with Crippen molar-refractivity contribution in [3.05, 3.63) is 0 Å². The van der Waals surface area contributed by atoms with E-state index in [0.717, 1.165) is 44.9 Å². The van der Waals surface area contributed by atoms with Gasteiger partial charge in [0.25, 0.3) is 0 Å². The van der Waals surface area contributed by atoms with E-state index in [1.54, 1.807) is 7.05 Å². The van der Waals surface area contributed by atoms with Crippen LogP contribution in [0.25, 0.3) is 0 Å². The monoisotopic (exact) mass is 612 g/mol. The second kappa shape index (κ2) is 26.9. The van der Waals surface area contributed by atoms with Crippen molar-refractivity contribution in [1.82, 2.24) is 4.90 Å². The number of ether oxygens (including phenoxy) is 2. The number of nitrogens with zero attached hydrogens (tertiary/aromatic N) is 1. The molecular formula is C32H56N2O9. The lowest BCUT2D eigenvalue weighted by Crippen LogP contribution is -2.33. The van der Waals surface area contributed by atoms with Crippen molar-refractivity contribution in [3.63, 3.8) is 0 Å². The largest absolute Gasteiger partial charge is 0.481 e. The number of carboxylic acid groups (broad SMARTS) is 2. The van der Waals surface area contributed by atoms with Gasteiger partial charge in [-0.3, -0.25) is 24.0 Å². The van der Waals surface area contributed by atoms with Gasteiger partial charge in [-0.15, -0.1) is 0 Å². The lowest BCUT2D eigenvalue weighted by molar-refractivity contribution is -0.140. The molecule has 0 saturated carbocycles. The minimum atomic E-state index is -1.29. The number of unbranched alkanes of at least 4 members (excludes halogenated alkanes) is 13. The first-order valence-corrected chi connectivity index (χ1v) is 16.0. The van der Waals surface area contributed by atoms with Crippen LogP contribution in [0.1, 0.15) is 122 Å². The molecule has 11 nitrogen and oxygen atoms in total. The van der Waals surface area contributed by atoms with Crippen LogP contribution in [0.3, 0.4) is 0 Å². The van der Waals surface area contributed by atoms with Crippen molar-refractivity contribution in [1.29, 1.82) is 5.41 Å². The topological polar surface area (TPSA) is 171 Å². The maximum absolute atomic E-state index is 12.5. The summed E-state index contributed by atoms with van der Waals surface area (Å²) in [6.07, 6.45) is 15.1. The van der Waals surface area contributed by atoms with E-state index in [1.165, 1.54) is 50.3 Å². The van der Waals surface area contributed by atoms with Crippen LogP contribution in [0.15, 0.2) is 0 Å². The molecule has 0 unspecified atom stereocenters. The van der Waals surface area contributed by atoms with Crippen molar-refractivity contribution in [2.45, 2.75) is 122 Å². The van der Waals surface area contributed by atoms with Crippen LogP contribution in [0.5, 0.6) is 0 Å². The quantitative estimate of drug-likeness (QED) is 0.0679. The lowest BCUT2D eigenvalue weighted by Gasteiger charge is -2.19. The number of amides is 1. The fraction of sp³-hybridized carbons (Fsp3) is 0.812. The van der Waals surface area contributed by atoms with Gasteiger partial charge < -0.3 is 30.0 Å². The van der Waals surface area contributed by atoms with Gasteiger partial charge in [0.05, 0.1) is 25.5 Å². The van der Waals surface area contributed by atoms with E-state index in [1.807, 2.05) is 0 Å². The van der Waals surface area contributed by atoms with Crippen LogP contribution in [0.4, 0.5) is 0 Å². The van der Waals surface area contributed by atoms with Gasteiger partial charge in [-0.25, -0.2) is 0 Å². The fourth-order valence-electron chi connectivity index (χ4n) is 4.62. The minimum absolute atomic E-state index is 0.0357. The number of ketones is 2. The molecule has 0 rings (SSSR count). The average molecular weight is 613 g/mol. The van der Waals surface area contributed by atoms with Gasteiger partial charge >= 0.3 is 11.9 Å². The zero-order valence-corrected chi connectivity index (χ0v) is 26.5. The van der Waals surface area contributed by atoms with Crippen molar-refractivity contribution in [2.75, 3.05) is 40.0 Å². The Kier molecular flexibility index (Phi) is 25.3. The first-order chi connectivity index (χ1) is 20.6. The SMILES string of the molecule is CC(=O)COCCOCCN(C)C(=O)CC[C@H](C(=N)C(=O)CCCCCCCCCCCCCCCCC(=O)O)C(=O)O. The molecule has 0 fully saturated rings. The molecule has 0 aliphatic rings. The van der Waals surface area contributed by atoms with Crippen molar-refractivity contribution < 1.29 is 43.7 Å². The van der Waals surface area contributed by atoms with Crippen LogP contribution in [0.2, 0.25) is 0 Å². The zero-order chi connectivity index (χ0) is 32.3. The van der Waals surface area contributed by atoms with E-state index in [9.17, 15) is 29.1 Å². The molecule has 1 atom stereocenters. The molecule has 0 aliphatic carbocycles. The summed E-state index contributed by atoms with van der Waals surface area (Å²) in [6, 6.07) is 0. The normalized spacial score (nSPS) is 11.7. The molecule has 11 heteroatoms. The standard InChI is InChI=1S/C32H56N2O9/c1-26(35)25-43-24-23-42-22-21-34(2)29(37)20-19-27(32(40)41)31(33)28(36)17-15-13-11-9-7-5-3-4-6-8-10-12-14-16-18-30(38)39/h27,33H,3-25H2,1-2H3,(H,38,39)(H,40,41)/t27-/m1/s1. The fourth-order valence-corrected chi connectivity index (χ4v) is 4.62. The van der Waals surface area contributed by atoms with Gasteiger partial charge in [0.1, 0.15) is 12.5 Å². The van der Waals surface area contributed by atoms with Gasteiger partial charge in [-0.05, 0) is 26.2 Å². The molecule has 248 valence electrons. The third kappa shape index (κ3) is 24.5. The number of likely N-dealkylation sites (N-methyl/N-ethyl adjacent to an activating group) is 1. The molecule has 0 heterocycles. The van der Waals surface area contributed by atoms with E-state index in [-0.39, 0.29) is 63.8 Å². The molecule has 1 amide bonds. The number of carbonyl (C=O) groups excluding carboxylic acids is 3. The van der Waals surface area contributed by atoms with Crippen molar-refractivity contribution >= 4 is 35.1 Å². The van der Waals surface area contributed by atoms with Crippen LogP contribution in [0, 0.1) is 11.3 Å². The summed E-state index contributed by atoms with van der Waals surface area (Å²) in [5.41, 5.74) is -0.433. The highest BCUT2D eigenvalue weighted by Gasteiger charge is 2.28. The highest BCUT2D eigenvalue weighted by molar-refractivity contribution is 6.42. The Morgan fingerprint density at radius 1 is 0.674 bits per heavy atom. The summed E-state index contributed by atoms with van der Waals surface area (Å²) < 4.78 is 10.5. The number of hydrogen-bond donors (Lipinski definition) is 3. The number of carboxylic acids is 2. The van der Waals surface area contributed by atoms with Gasteiger partial charge in [0.15, 0.2) is 11.6 Å². The summed E-state index contributed by atoms with van der Waals surface area (Å²) in [5, 5.41) is 26.3. The third-order valence-corrected chi connectivity index (χ3v) is 7.31. The highest BCUT2D eigenvalue weighted by Crippen LogP contribution is 2.16. The average Bonchev–Trinajstić information content (AvgIpc) is 2.95. The number of hydrogen-bond acceptors (Lipinski definition) is 8. The van der Waals surface area contributed by atoms with Crippen molar-refractivity contribution in [2.24, 2.45) is 5.92 Å². The van der Waals surface area contributed by atoms with E-state index >= 15 is 0 Å². The van der Waals surface area contributed by atoms with E-state index in [4.69, 9.17) is 20.0 Å². The van der Waals surface area contributed by atoms with Gasteiger partial charge in [0, 0.05) is 32.9 Å². The molecule has 0 aromatic heterocycles. The van der Waals surface area contributed by atoms with E-state index in [2.05, 4.69) is 0 Å². The lowest BCUT2D eigenvalue weighted by atomic mass is 9.92. The van der Waals surface area contributed by atoms with E-state index in [0.29, 0.717) is 13.0 Å². The summed E-state index contributed by atoms with van der Waals surface area (Å²) in [5.74, 6) is -4.09. The van der Waals surface area contributed by atoms with Gasteiger partial charge in [-0.2, -0.15) is 0 Å². The Morgan fingerprint density at radius 3 is 1.60 bits per heavy atom. The summed E-state index contributed by atoms with van der Waals surface area (Å²) in [7, 11) is 1.59. The first kappa shape index (κ1) is 40.3. The molecule has 0 aromatic rings. The smallest absolute Gasteiger partial charge is 0.312 e. The predicted octanol–water partition coefficient (Wildman–Crippen LogP) is 5.46. The minimum Gasteiger partial charge on any atom is -0.481 e. The molecule has 43 heavy (non-hydrogen) atoms. The molecule has 0 aliphatic heterocycles.